The Kier molecular flexibility index (Phi) is 11.1. The van der Waals surface area contributed by atoms with Crippen LogP contribution >= 0.6 is 24.0 Å². The van der Waals surface area contributed by atoms with Gasteiger partial charge < -0.3 is 25.4 Å². The second-order valence-corrected chi connectivity index (χ2v) is 7.46. The van der Waals surface area contributed by atoms with Crippen molar-refractivity contribution in [2.24, 2.45) is 4.99 Å². The highest BCUT2D eigenvalue weighted by atomic mass is 127. The average molecular weight is 552 g/mol. The molecule has 32 heavy (non-hydrogen) atoms. The zero-order valence-electron chi connectivity index (χ0n) is 18.7. The fourth-order valence-electron chi connectivity index (χ4n) is 3.12. The van der Waals surface area contributed by atoms with Crippen molar-refractivity contribution in [2.45, 2.75) is 38.8 Å². The number of methoxy groups -OCH3 is 1. The minimum Gasteiger partial charge on any atom is -0.496 e. The fourth-order valence-corrected chi connectivity index (χ4v) is 3.12. The Hall–Kier alpha value is -2.49. The Bertz CT molecular complexity index is 887. The molecule has 8 heteroatoms. The highest BCUT2D eigenvalue weighted by molar-refractivity contribution is 14.0. The summed E-state index contributed by atoms with van der Waals surface area (Å²) in [6, 6.07) is 16.1. The van der Waals surface area contributed by atoms with E-state index in [0.717, 1.165) is 55.2 Å². The quantitative estimate of drug-likeness (QED) is 0.227. The van der Waals surface area contributed by atoms with E-state index in [1.807, 2.05) is 49.4 Å². The van der Waals surface area contributed by atoms with E-state index in [2.05, 4.69) is 27.0 Å². The third-order valence-corrected chi connectivity index (χ3v) is 4.85. The lowest BCUT2D eigenvalue weighted by Gasteiger charge is -2.13. The molecule has 0 heterocycles. The SMILES string of the molecule is CCNC(=NCc1cccc(OCC(=O)NC2CC2)c1)NCCc1ccccc1OC.I. The Morgan fingerprint density at radius 2 is 1.94 bits per heavy atom. The summed E-state index contributed by atoms with van der Waals surface area (Å²) < 4.78 is 11.0. The molecule has 0 unspecified atom stereocenters. The van der Waals surface area contributed by atoms with Gasteiger partial charge in [0, 0.05) is 19.1 Å². The van der Waals surface area contributed by atoms with Crippen molar-refractivity contribution >= 4 is 35.8 Å². The molecule has 3 N–H and O–H groups in total. The number of para-hydroxylation sites is 1. The van der Waals surface area contributed by atoms with Crippen molar-refractivity contribution in [1.82, 2.24) is 16.0 Å². The molecule has 1 aliphatic rings. The van der Waals surface area contributed by atoms with Gasteiger partial charge in [0.1, 0.15) is 11.5 Å². The molecule has 0 aliphatic heterocycles. The minimum absolute atomic E-state index is 0. The standard InChI is InChI=1S/C24H32N4O3.HI/c1-3-25-24(26-14-13-19-8-4-5-10-22(19)30-2)27-16-18-7-6-9-21(15-18)31-17-23(29)28-20-11-12-20;/h4-10,15,20H,3,11-14,16-17H2,1-2H3,(H,28,29)(H2,25,26,27);1H. The number of amides is 1. The first-order valence-corrected chi connectivity index (χ1v) is 10.8. The summed E-state index contributed by atoms with van der Waals surface area (Å²) in [5.41, 5.74) is 2.17. The maximum absolute atomic E-state index is 11.8. The second-order valence-electron chi connectivity index (χ2n) is 7.46. The number of carbonyl (C=O) groups is 1. The summed E-state index contributed by atoms with van der Waals surface area (Å²) in [4.78, 5) is 16.5. The first-order chi connectivity index (χ1) is 15.2. The summed E-state index contributed by atoms with van der Waals surface area (Å²) in [7, 11) is 1.69. The molecule has 7 nitrogen and oxygen atoms in total. The maximum atomic E-state index is 11.8. The third kappa shape index (κ3) is 8.94. The summed E-state index contributed by atoms with van der Waals surface area (Å²) in [6.45, 7) is 4.11. The molecule has 1 fully saturated rings. The van der Waals surface area contributed by atoms with Gasteiger partial charge in [0.2, 0.25) is 0 Å². The van der Waals surface area contributed by atoms with Gasteiger partial charge in [0.05, 0.1) is 13.7 Å². The molecule has 3 rings (SSSR count). The van der Waals surface area contributed by atoms with Crippen molar-refractivity contribution in [3.05, 3.63) is 59.7 Å². The molecule has 1 amide bonds. The summed E-state index contributed by atoms with van der Waals surface area (Å²) in [6.07, 6.45) is 2.97. The number of aliphatic imine (C=N–C) groups is 1. The Balaban J connectivity index is 0.00000363. The lowest BCUT2D eigenvalue weighted by molar-refractivity contribution is -0.123. The van der Waals surface area contributed by atoms with E-state index in [9.17, 15) is 4.79 Å². The highest BCUT2D eigenvalue weighted by Crippen LogP contribution is 2.19. The van der Waals surface area contributed by atoms with Crippen LogP contribution in [0, 0.1) is 0 Å². The maximum Gasteiger partial charge on any atom is 0.258 e. The van der Waals surface area contributed by atoms with E-state index < -0.39 is 0 Å². The van der Waals surface area contributed by atoms with Crippen LogP contribution in [0.4, 0.5) is 0 Å². The largest absolute Gasteiger partial charge is 0.496 e. The first kappa shape index (κ1) is 25.8. The van der Waals surface area contributed by atoms with Crippen molar-refractivity contribution < 1.29 is 14.3 Å². The number of rotatable bonds is 11. The van der Waals surface area contributed by atoms with Crippen LogP contribution in [0.3, 0.4) is 0 Å². The van der Waals surface area contributed by atoms with Crippen LogP contribution in [0.2, 0.25) is 0 Å². The van der Waals surface area contributed by atoms with Crippen molar-refractivity contribution in [3.63, 3.8) is 0 Å². The van der Waals surface area contributed by atoms with Gasteiger partial charge in [-0.1, -0.05) is 30.3 Å². The second kappa shape index (κ2) is 13.8. The average Bonchev–Trinajstić information content (AvgIpc) is 3.60. The zero-order valence-corrected chi connectivity index (χ0v) is 21.1. The normalized spacial score (nSPS) is 13.0. The molecule has 1 aliphatic carbocycles. The van der Waals surface area contributed by atoms with Crippen LogP contribution in [-0.4, -0.2) is 44.7 Å². The van der Waals surface area contributed by atoms with Crippen molar-refractivity contribution in [3.8, 4) is 11.5 Å². The predicted molar refractivity (Wildman–Crippen MR) is 138 cm³/mol. The van der Waals surface area contributed by atoms with Crippen LogP contribution in [0.5, 0.6) is 11.5 Å². The summed E-state index contributed by atoms with van der Waals surface area (Å²) >= 11 is 0. The van der Waals surface area contributed by atoms with Crippen LogP contribution in [0.15, 0.2) is 53.5 Å². The van der Waals surface area contributed by atoms with Gasteiger partial charge in [-0.2, -0.15) is 0 Å². The van der Waals surface area contributed by atoms with Gasteiger partial charge in [0.15, 0.2) is 12.6 Å². The van der Waals surface area contributed by atoms with Crippen LogP contribution in [-0.2, 0) is 17.8 Å². The molecule has 174 valence electrons. The van der Waals surface area contributed by atoms with E-state index in [0.29, 0.717) is 18.3 Å². The lowest BCUT2D eigenvalue weighted by Crippen LogP contribution is -2.38. The Morgan fingerprint density at radius 3 is 2.69 bits per heavy atom. The molecular formula is C24H33IN4O3. The van der Waals surface area contributed by atoms with Gasteiger partial charge in [-0.15, -0.1) is 24.0 Å². The van der Waals surface area contributed by atoms with E-state index in [-0.39, 0.29) is 36.5 Å². The molecule has 1 saturated carbocycles. The Morgan fingerprint density at radius 1 is 1.12 bits per heavy atom. The van der Waals surface area contributed by atoms with E-state index in [1.165, 1.54) is 0 Å². The van der Waals surface area contributed by atoms with Gasteiger partial charge in [-0.3, -0.25) is 4.79 Å². The van der Waals surface area contributed by atoms with E-state index in [1.54, 1.807) is 7.11 Å². The molecule has 0 saturated heterocycles. The van der Waals surface area contributed by atoms with Crippen LogP contribution < -0.4 is 25.4 Å². The minimum atomic E-state index is -0.0698. The molecule has 0 spiro atoms. The molecule has 2 aromatic rings. The monoisotopic (exact) mass is 552 g/mol. The highest BCUT2D eigenvalue weighted by Gasteiger charge is 2.23. The topological polar surface area (TPSA) is 84.0 Å². The number of guanidine groups is 1. The van der Waals surface area contributed by atoms with Gasteiger partial charge >= 0.3 is 0 Å². The van der Waals surface area contributed by atoms with Gasteiger partial charge in [0.25, 0.3) is 5.91 Å². The van der Waals surface area contributed by atoms with E-state index in [4.69, 9.17) is 9.47 Å². The molecule has 0 bridgehead atoms. The van der Waals surface area contributed by atoms with Crippen molar-refractivity contribution in [1.29, 1.82) is 0 Å². The van der Waals surface area contributed by atoms with E-state index >= 15 is 0 Å². The number of nitrogens with one attached hydrogen (secondary N) is 3. The predicted octanol–water partition coefficient (Wildman–Crippen LogP) is 3.27. The molecular weight excluding hydrogens is 519 g/mol. The third-order valence-electron chi connectivity index (χ3n) is 4.85. The molecule has 2 aromatic carbocycles. The number of hydrogen-bond donors (Lipinski definition) is 3. The number of benzene rings is 2. The van der Waals surface area contributed by atoms with Crippen LogP contribution in [0.25, 0.3) is 0 Å². The molecule has 0 radical (unpaired) electrons. The first-order valence-electron chi connectivity index (χ1n) is 10.8. The lowest BCUT2D eigenvalue weighted by atomic mass is 10.1. The van der Waals surface area contributed by atoms with Crippen LogP contribution in [0.1, 0.15) is 30.9 Å². The summed E-state index contributed by atoms with van der Waals surface area (Å²) in [5.74, 6) is 2.26. The fraction of sp³-hybridized carbons (Fsp3) is 0.417. The number of halogens is 1. The van der Waals surface area contributed by atoms with Gasteiger partial charge in [-0.05, 0) is 55.5 Å². The zero-order chi connectivity index (χ0) is 21.9. The molecule has 0 atom stereocenters. The van der Waals surface area contributed by atoms with Gasteiger partial charge in [-0.25, -0.2) is 4.99 Å². The Labute approximate surface area is 207 Å². The number of hydrogen-bond acceptors (Lipinski definition) is 4. The molecule has 0 aromatic heterocycles. The van der Waals surface area contributed by atoms with Crippen molar-refractivity contribution in [2.75, 3.05) is 26.8 Å². The number of nitrogens with zero attached hydrogens (tertiary/aromatic N) is 1. The number of ether oxygens (including phenoxy) is 2. The summed E-state index contributed by atoms with van der Waals surface area (Å²) in [5, 5.41) is 9.56. The smallest absolute Gasteiger partial charge is 0.258 e. The number of carbonyl (C=O) groups excluding carboxylic acids is 1.